The van der Waals surface area contributed by atoms with E-state index in [9.17, 15) is 8.78 Å². The molecule has 0 fully saturated rings. The third-order valence-electron chi connectivity index (χ3n) is 5.16. The SMILES string of the molecule is CCc1nc2c3ccc4c(c3nc(NCc3ccc(OC)cc3C)n2n1)OC(F)(F)O4. The molecule has 1 N–H and O–H groups in total. The maximum absolute atomic E-state index is 13.7. The van der Waals surface area contributed by atoms with Crippen molar-refractivity contribution in [1.29, 1.82) is 0 Å². The van der Waals surface area contributed by atoms with Crippen LogP contribution in [0.1, 0.15) is 23.9 Å². The van der Waals surface area contributed by atoms with Gasteiger partial charge in [0.15, 0.2) is 23.0 Å². The highest BCUT2D eigenvalue weighted by atomic mass is 19.3. The van der Waals surface area contributed by atoms with Gasteiger partial charge in [-0.05, 0) is 42.3 Å². The summed E-state index contributed by atoms with van der Waals surface area (Å²) in [5.74, 6) is 1.55. The van der Waals surface area contributed by atoms with Crippen LogP contribution in [0.15, 0.2) is 30.3 Å². The van der Waals surface area contributed by atoms with Gasteiger partial charge in [0.2, 0.25) is 5.95 Å². The molecule has 0 saturated heterocycles. The third kappa shape index (κ3) is 3.24. The van der Waals surface area contributed by atoms with Crippen molar-refractivity contribution in [3.8, 4) is 17.2 Å². The summed E-state index contributed by atoms with van der Waals surface area (Å²) < 4.78 is 43.5. The Morgan fingerprint density at radius 1 is 1.16 bits per heavy atom. The fraction of sp³-hybridized carbons (Fsp3) is 0.286. The third-order valence-corrected chi connectivity index (χ3v) is 5.16. The Hall–Kier alpha value is -3.69. The molecular formula is C21H19F2N5O3. The molecule has 3 heterocycles. The second-order valence-electron chi connectivity index (χ2n) is 7.15. The zero-order chi connectivity index (χ0) is 21.8. The van der Waals surface area contributed by atoms with Crippen LogP contribution in [0.4, 0.5) is 14.7 Å². The minimum atomic E-state index is -3.74. The summed E-state index contributed by atoms with van der Waals surface area (Å²) in [5, 5.41) is 8.29. The van der Waals surface area contributed by atoms with E-state index in [2.05, 4.69) is 25.1 Å². The number of anilines is 1. The quantitative estimate of drug-likeness (QED) is 0.514. The monoisotopic (exact) mass is 427 g/mol. The Morgan fingerprint density at radius 2 is 2.00 bits per heavy atom. The van der Waals surface area contributed by atoms with Gasteiger partial charge in [0.05, 0.1) is 7.11 Å². The molecule has 1 aliphatic rings. The summed E-state index contributed by atoms with van der Waals surface area (Å²) in [4.78, 5) is 9.10. The van der Waals surface area contributed by atoms with Crippen molar-refractivity contribution in [3.05, 3.63) is 47.3 Å². The largest absolute Gasteiger partial charge is 0.586 e. The Morgan fingerprint density at radius 3 is 2.74 bits per heavy atom. The highest BCUT2D eigenvalue weighted by Gasteiger charge is 2.45. The first kappa shape index (κ1) is 19.3. The zero-order valence-corrected chi connectivity index (χ0v) is 17.1. The fourth-order valence-corrected chi connectivity index (χ4v) is 3.55. The topological polar surface area (TPSA) is 82.8 Å². The molecule has 160 valence electrons. The van der Waals surface area contributed by atoms with E-state index in [1.54, 1.807) is 17.7 Å². The second-order valence-corrected chi connectivity index (χ2v) is 7.15. The van der Waals surface area contributed by atoms with Crippen LogP contribution in [0.25, 0.3) is 16.6 Å². The van der Waals surface area contributed by atoms with Gasteiger partial charge in [-0.25, -0.2) is 9.97 Å². The van der Waals surface area contributed by atoms with Gasteiger partial charge < -0.3 is 19.5 Å². The molecule has 2 aromatic carbocycles. The normalized spacial score (nSPS) is 14.4. The van der Waals surface area contributed by atoms with Crippen molar-refractivity contribution in [2.24, 2.45) is 0 Å². The summed E-state index contributed by atoms with van der Waals surface area (Å²) in [7, 11) is 1.62. The van der Waals surface area contributed by atoms with Crippen LogP contribution in [0.2, 0.25) is 0 Å². The molecule has 5 rings (SSSR count). The molecule has 0 spiro atoms. The fourth-order valence-electron chi connectivity index (χ4n) is 3.55. The number of rotatable bonds is 5. The summed E-state index contributed by atoms with van der Waals surface area (Å²) in [5.41, 5.74) is 2.79. The number of methoxy groups -OCH3 is 1. The molecule has 0 amide bonds. The maximum Gasteiger partial charge on any atom is 0.586 e. The number of aryl methyl sites for hydroxylation is 2. The van der Waals surface area contributed by atoms with Crippen molar-refractivity contribution in [2.75, 3.05) is 12.4 Å². The smallest absolute Gasteiger partial charge is 0.497 e. The molecule has 0 unspecified atom stereocenters. The number of hydrogen-bond acceptors (Lipinski definition) is 7. The van der Waals surface area contributed by atoms with Crippen LogP contribution in [0.5, 0.6) is 17.2 Å². The van der Waals surface area contributed by atoms with E-state index in [1.807, 2.05) is 32.0 Å². The number of benzene rings is 2. The minimum Gasteiger partial charge on any atom is -0.497 e. The standard InChI is InChI=1S/C21H19F2N5O3/c1-4-16-25-19-14-7-8-15-18(31-21(22,23)30-15)17(14)26-20(28(19)27-16)24-10-12-5-6-13(29-3)9-11(12)2/h5-9H,4,10H2,1-3H3,(H,24,26). The lowest BCUT2D eigenvalue weighted by Gasteiger charge is -2.12. The maximum atomic E-state index is 13.7. The van der Waals surface area contributed by atoms with Gasteiger partial charge in [-0.3, -0.25) is 0 Å². The second kappa shape index (κ2) is 6.93. The average molecular weight is 427 g/mol. The van der Waals surface area contributed by atoms with Crippen LogP contribution >= 0.6 is 0 Å². The van der Waals surface area contributed by atoms with Crippen molar-refractivity contribution in [2.45, 2.75) is 33.1 Å². The molecule has 0 saturated carbocycles. The van der Waals surface area contributed by atoms with Gasteiger partial charge >= 0.3 is 6.29 Å². The van der Waals surface area contributed by atoms with Gasteiger partial charge in [-0.1, -0.05) is 13.0 Å². The number of halogens is 2. The van der Waals surface area contributed by atoms with E-state index in [-0.39, 0.29) is 17.0 Å². The number of fused-ring (bicyclic) bond motifs is 5. The number of nitrogens with zero attached hydrogens (tertiary/aromatic N) is 4. The minimum absolute atomic E-state index is 0.0680. The lowest BCUT2D eigenvalue weighted by Crippen LogP contribution is -2.26. The molecule has 0 atom stereocenters. The summed E-state index contributed by atoms with van der Waals surface area (Å²) in [6, 6.07) is 8.82. The van der Waals surface area contributed by atoms with Crippen LogP contribution in [0.3, 0.4) is 0 Å². The summed E-state index contributed by atoms with van der Waals surface area (Å²) in [6.45, 7) is 4.36. The molecule has 2 aromatic heterocycles. The number of nitrogens with one attached hydrogen (secondary N) is 1. The van der Waals surface area contributed by atoms with Gasteiger partial charge in [0.1, 0.15) is 11.3 Å². The van der Waals surface area contributed by atoms with Crippen LogP contribution < -0.4 is 19.5 Å². The molecule has 10 heteroatoms. The first-order valence-electron chi connectivity index (χ1n) is 9.74. The van der Waals surface area contributed by atoms with Crippen molar-refractivity contribution in [1.82, 2.24) is 19.6 Å². The molecule has 31 heavy (non-hydrogen) atoms. The molecule has 4 aromatic rings. The highest BCUT2D eigenvalue weighted by Crippen LogP contribution is 2.45. The van der Waals surface area contributed by atoms with E-state index < -0.39 is 6.29 Å². The van der Waals surface area contributed by atoms with E-state index >= 15 is 0 Å². The molecule has 8 nitrogen and oxygen atoms in total. The van der Waals surface area contributed by atoms with E-state index in [0.717, 1.165) is 16.9 Å². The lowest BCUT2D eigenvalue weighted by atomic mass is 10.1. The van der Waals surface area contributed by atoms with E-state index in [4.69, 9.17) is 9.47 Å². The average Bonchev–Trinajstić information content (AvgIpc) is 3.32. The van der Waals surface area contributed by atoms with Crippen LogP contribution in [0, 0.1) is 6.92 Å². The predicted molar refractivity (Wildman–Crippen MR) is 109 cm³/mol. The highest BCUT2D eigenvalue weighted by molar-refractivity contribution is 5.97. The van der Waals surface area contributed by atoms with Crippen molar-refractivity contribution < 1.29 is 23.0 Å². The molecular weight excluding hydrogens is 408 g/mol. The number of alkyl halides is 2. The van der Waals surface area contributed by atoms with Crippen molar-refractivity contribution in [3.63, 3.8) is 0 Å². The molecule has 1 aliphatic heterocycles. The predicted octanol–water partition coefficient (Wildman–Crippen LogP) is 4.09. The lowest BCUT2D eigenvalue weighted by molar-refractivity contribution is -0.286. The van der Waals surface area contributed by atoms with Gasteiger partial charge in [0.25, 0.3) is 0 Å². The van der Waals surface area contributed by atoms with Crippen LogP contribution in [-0.4, -0.2) is 33.0 Å². The molecule has 0 radical (unpaired) electrons. The van der Waals surface area contributed by atoms with E-state index in [1.165, 1.54) is 6.07 Å². The van der Waals surface area contributed by atoms with Gasteiger partial charge in [-0.2, -0.15) is 4.52 Å². The zero-order valence-electron chi connectivity index (χ0n) is 17.1. The number of ether oxygens (including phenoxy) is 3. The van der Waals surface area contributed by atoms with Gasteiger partial charge in [-0.15, -0.1) is 13.9 Å². The summed E-state index contributed by atoms with van der Waals surface area (Å²) in [6.07, 6.45) is -3.12. The number of aromatic nitrogens is 4. The van der Waals surface area contributed by atoms with E-state index in [0.29, 0.717) is 35.8 Å². The Labute approximate surface area is 175 Å². The van der Waals surface area contributed by atoms with Crippen LogP contribution in [-0.2, 0) is 13.0 Å². The first-order valence-corrected chi connectivity index (χ1v) is 9.74. The Balaban J connectivity index is 1.62. The Bertz CT molecular complexity index is 1320. The van der Waals surface area contributed by atoms with Crippen molar-refractivity contribution >= 4 is 22.5 Å². The first-order chi connectivity index (χ1) is 14.9. The number of hydrogen-bond donors (Lipinski definition) is 1. The van der Waals surface area contributed by atoms with Gasteiger partial charge in [0, 0.05) is 18.4 Å². The molecule has 0 aliphatic carbocycles. The molecule has 0 bridgehead atoms. The summed E-state index contributed by atoms with van der Waals surface area (Å²) >= 11 is 0. The Kier molecular flexibility index (Phi) is 4.31.